The average molecular weight is 293 g/mol. The van der Waals surface area contributed by atoms with E-state index in [1.54, 1.807) is 18.2 Å². The van der Waals surface area contributed by atoms with E-state index in [0.29, 0.717) is 22.9 Å². The Morgan fingerprint density at radius 2 is 1.85 bits per heavy atom. The van der Waals surface area contributed by atoms with Crippen molar-refractivity contribution in [2.75, 3.05) is 6.61 Å². The molecule has 0 aliphatic rings. The van der Waals surface area contributed by atoms with E-state index in [1.165, 1.54) is 0 Å². The van der Waals surface area contributed by atoms with Gasteiger partial charge in [0.25, 0.3) is 0 Å². The third-order valence-electron chi connectivity index (χ3n) is 2.74. The van der Waals surface area contributed by atoms with Crippen molar-refractivity contribution in [2.24, 2.45) is 0 Å². The van der Waals surface area contributed by atoms with Crippen LogP contribution in [0.2, 0.25) is 5.02 Å². The topological polar surface area (TPSA) is 38.7 Å². The molecule has 106 valence electrons. The molecule has 0 saturated heterocycles. The summed E-state index contributed by atoms with van der Waals surface area (Å²) in [5.74, 6) is 1.89. The molecule has 0 bridgehead atoms. The molecule has 0 aromatic heterocycles. The lowest BCUT2D eigenvalue weighted by Crippen LogP contribution is -2.13. The van der Waals surface area contributed by atoms with Gasteiger partial charge in [0.2, 0.25) is 0 Å². The number of aliphatic hydroxyl groups is 1. The molecule has 0 radical (unpaired) electrons. The van der Waals surface area contributed by atoms with Crippen molar-refractivity contribution in [3.05, 3.63) is 53.6 Å². The van der Waals surface area contributed by atoms with Gasteiger partial charge in [-0.1, -0.05) is 29.8 Å². The maximum Gasteiger partial charge on any atom is 0.170 e. The van der Waals surface area contributed by atoms with E-state index in [0.717, 1.165) is 5.75 Å². The number of benzene rings is 2. The maximum atomic E-state index is 8.93. The number of ether oxygens (including phenoxy) is 2. The fourth-order valence-corrected chi connectivity index (χ4v) is 1.89. The summed E-state index contributed by atoms with van der Waals surface area (Å²) in [5.41, 5.74) is 0. The Morgan fingerprint density at radius 1 is 1.10 bits per heavy atom. The molecule has 4 heteroatoms. The molecule has 0 spiro atoms. The van der Waals surface area contributed by atoms with Crippen LogP contribution in [0, 0.1) is 0 Å². The van der Waals surface area contributed by atoms with Gasteiger partial charge in [0, 0.05) is 24.1 Å². The Bertz CT molecular complexity index is 543. The standard InChI is InChI=1S/C16H17ClO3/c1-12(9-10-18)19-15-8-7-13(17)11-16(15)20-14-5-3-2-4-6-14/h2-8,11-12,18H,9-10H2,1H3/t12-/m1/s1. The summed E-state index contributed by atoms with van der Waals surface area (Å²) in [6.07, 6.45) is 0.465. The van der Waals surface area contributed by atoms with Crippen molar-refractivity contribution < 1.29 is 14.6 Å². The van der Waals surface area contributed by atoms with Crippen LogP contribution in [0.5, 0.6) is 17.2 Å². The third kappa shape index (κ3) is 4.15. The Labute approximate surface area is 123 Å². The molecule has 0 unspecified atom stereocenters. The Balaban J connectivity index is 2.19. The molecule has 20 heavy (non-hydrogen) atoms. The van der Waals surface area contributed by atoms with E-state index in [-0.39, 0.29) is 12.7 Å². The first-order valence-corrected chi connectivity index (χ1v) is 6.87. The van der Waals surface area contributed by atoms with Gasteiger partial charge in [0.05, 0.1) is 6.10 Å². The van der Waals surface area contributed by atoms with Crippen LogP contribution in [0.15, 0.2) is 48.5 Å². The van der Waals surface area contributed by atoms with Gasteiger partial charge in [0.1, 0.15) is 5.75 Å². The van der Waals surface area contributed by atoms with Crippen LogP contribution >= 0.6 is 11.6 Å². The minimum Gasteiger partial charge on any atom is -0.487 e. The van der Waals surface area contributed by atoms with Crippen LogP contribution in [0.25, 0.3) is 0 Å². The first-order chi connectivity index (χ1) is 9.69. The molecule has 0 heterocycles. The fraction of sp³-hybridized carbons (Fsp3) is 0.250. The van der Waals surface area contributed by atoms with Crippen molar-refractivity contribution in [1.82, 2.24) is 0 Å². The van der Waals surface area contributed by atoms with E-state index in [4.69, 9.17) is 26.2 Å². The Kier molecular flexibility index (Phi) is 5.27. The zero-order chi connectivity index (χ0) is 14.4. The number of rotatable bonds is 6. The molecule has 0 amide bonds. The molecule has 0 aliphatic carbocycles. The average Bonchev–Trinajstić information content (AvgIpc) is 2.43. The molecule has 2 aromatic rings. The van der Waals surface area contributed by atoms with Gasteiger partial charge in [-0.3, -0.25) is 0 Å². The third-order valence-corrected chi connectivity index (χ3v) is 2.98. The van der Waals surface area contributed by atoms with Crippen molar-refractivity contribution >= 4 is 11.6 Å². The number of aliphatic hydroxyl groups excluding tert-OH is 1. The highest BCUT2D eigenvalue weighted by molar-refractivity contribution is 6.30. The molecule has 2 rings (SSSR count). The quantitative estimate of drug-likeness (QED) is 0.863. The van der Waals surface area contributed by atoms with Crippen LogP contribution in [0.3, 0.4) is 0 Å². The van der Waals surface area contributed by atoms with Gasteiger partial charge in [0.15, 0.2) is 11.5 Å². The van der Waals surface area contributed by atoms with Crippen LogP contribution in [0.1, 0.15) is 13.3 Å². The first-order valence-electron chi connectivity index (χ1n) is 6.49. The smallest absolute Gasteiger partial charge is 0.170 e. The number of para-hydroxylation sites is 1. The molecular formula is C16H17ClO3. The van der Waals surface area contributed by atoms with Gasteiger partial charge >= 0.3 is 0 Å². The molecule has 0 fully saturated rings. The summed E-state index contributed by atoms with van der Waals surface area (Å²) in [6, 6.07) is 14.7. The minimum absolute atomic E-state index is 0.0869. The summed E-state index contributed by atoms with van der Waals surface area (Å²) in [5, 5.41) is 9.51. The number of hydrogen-bond acceptors (Lipinski definition) is 3. The molecular weight excluding hydrogens is 276 g/mol. The molecule has 1 N–H and O–H groups in total. The fourth-order valence-electron chi connectivity index (χ4n) is 1.73. The minimum atomic E-state index is -0.0979. The predicted octanol–water partition coefficient (Wildman–Crippen LogP) is 4.28. The highest BCUT2D eigenvalue weighted by Crippen LogP contribution is 2.34. The summed E-state index contributed by atoms with van der Waals surface area (Å²) in [6.45, 7) is 1.99. The molecule has 1 atom stereocenters. The largest absolute Gasteiger partial charge is 0.487 e. The first kappa shape index (κ1) is 14.7. The lowest BCUT2D eigenvalue weighted by Gasteiger charge is -2.17. The summed E-state index contributed by atoms with van der Waals surface area (Å²) < 4.78 is 11.6. The molecule has 3 nitrogen and oxygen atoms in total. The van der Waals surface area contributed by atoms with Crippen molar-refractivity contribution in [3.8, 4) is 17.2 Å². The predicted molar refractivity (Wildman–Crippen MR) is 79.8 cm³/mol. The van der Waals surface area contributed by atoms with E-state index >= 15 is 0 Å². The number of hydrogen-bond donors (Lipinski definition) is 1. The second-order valence-corrected chi connectivity index (χ2v) is 4.88. The summed E-state index contributed by atoms with van der Waals surface area (Å²) in [4.78, 5) is 0. The normalized spacial score (nSPS) is 11.9. The monoisotopic (exact) mass is 292 g/mol. The Morgan fingerprint density at radius 3 is 2.55 bits per heavy atom. The molecule has 0 aliphatic heterocycles. The lowest BCUT2D eigenvalue weighted by atomic mass is 10.2. The van der Waals surface area contributed by atoms with Crippen molar-refractivity contribution in [2.45, 2.75) is 19.4 Å². The zero-order valence-electron chi connectivity index (χ0n) is 11.3. The number of halogens is 1. The van der Waals surface area contributed by atoms with E-state index in [2.05, 4.69) is 0 Å². The molecule has 2 aromatic carbocycles. The summed E-state index contributed by atoms with van der Waals surface area (Å²) >= 11 is 6.01. The highest BCUT2D eigenvalue weighted by Gasteiger charge is 2.11. The van der Waals surface area contributed by atoms with Gasteiger partial charge < -0.3 is 14.6 Å². The van der Waals surface area contributed by atoms with Gasteiger partial charge in [-0.25, -0.2) is 0 Å². The van der Waals surface area contributed by atoms with Crippen molar-refractivity contribution in [1.29, 1.82) is 0 Å². The van der Waals surface area contributed by atoms with E-state index in [1.807, 2.05) is 37.3 Å². The zero-order valence-corrected chi connectivity index (χ0v) is 12.0. The molecule has 0 saturated carbocycles. The van der Waals surface area contributed by atoms with Crippen LogP contribution in [-0.2, 0) is 0 Å². The summed E-state index contributed by atoms with van der Waals surface area (Å²) in [7, 11) is 0. The SMILES string of the molecule is C[C@H](CCO)Oc1ccc(Cl)cc1Oc1ccccc1. The van der Waals surface area contributed by atoms with E-state index < -0.39 is 0 Å². The van der Waals surface area contributed by atoms with Gasteiger partial charge in [-0.2, -0.15) is 0 Å². The Hall–Kier alpha value is -1.71. The lowest BCUT2D eigenvalue weighted by molar-refractivity contribution is 0.165. The van der Waals surface area contributed by atoms with Crippen LogP contribution < -0.4 is 9.47 Å². The van der Waals surface area contributed by atoms with Crippen LogP contribution in [-0.4, -0.2) is 17.8 Å². The van der Waals surface area contributed by atoms with Gasteiger partial charge in [-0.15, -0.1) is 0 Å². The maximum absolute atomic E-state index is 8.93. The van der Waals surface area contributed by atoms with Gasteiger partial charge in [-0.05, 0) is 31.2 Å². The second-order valence-electron chi connectivity index (χ2n) is 4.45. The van der Waals surface area contributed by atoms with E-state index in [9.17, 15) is 0 Å². The van der Waals surface area contributed by atoms with Crippen LogP contribution in [0.4, 0.5) is 0 Å². The highest BCUT2D eigenvalue weighted by atomic mass is 35.5. The second kappa shape index (κ2) is 7.17. The van der Waals surface area contributed by atoms with Crippen molar-refractivity contribution in [3.63, 3.8) is 0 Å².